The number of aliphatic hydroxyl groups excluding tert-OH is 5. The second-order valence-corrected chi connectivity index (χ2v) is 26.3. The standard InChI is InChI=1S/C22H15F31N2O14S2.C7H14O6S.C5H11NO.C3H9N.2C3H7O3S.2CH2F2.8CH4.6Na/c23-8(24,7(57)54-5-55(1-2-64-71(61,62)63)3-6(56)4-70(58,59)60)9(25,14(30,31)32)65-19(45,46)10(26,15(33,34)35)66-20(47,48)11(27,16(36,37)38)67-21(49,50)12(28,17(39,40)41)68-22(51,52)13(29,69-53)18(42,43)44;1-5(3-7(9)10)2-6(8)4-14(11,12)13;1-2-3-4-6-5-7;1-3-4-2;2*1-3(4)2-7(5)6;2*2-1-3;;;;;;;;;;;;;;/h6,56H,1-5H2,(H,54,57)(H,58,59,60)(H,61,62,63);5-6,8H,2-4H2,1H3,(H,9,10)(H,11,12,13);2-3,6-7H,4-5H2,1H3;4H,3H2,1-2H3;2*3-4H,2H2,1H3;2*1H2;8*1H4;;;;;;/q;;;;2*-1;;;;;;;;;;;6*+1/p-4. The van der Waals surface area contributed by atoms with Crippen LogP contribution in [0.25, 0.3) is 0 Å². The molecule has 130 heavy (non-hydrogen) atoms. The number of hydrogen-bond acceptors (Lipinski definition) is 32. The summed E-state index contributed by atoms with van der Waals surface area (Å²) >= 11 is 0. The van der Waals surface area contributed by atoms with Crippen LogP contribution in [0.2, 0.25) is 0 Å². The van der Waals surface area contributed by atoms with Gasteiger partial charge in [-0.1, -0.05) is 107 Å². The molecule has 0 saturated carbocycles. The zero-order valence-corrected chi connectivity index (χ0v) is 79.7. The molecule has 10 atom stereocenters. The number of carbonyl (C=O) groups excluding carboxylic acids is 2. The molecule has 0 bridgehead atoms. The Balaban J connectivity index is -0.0000000810. The molecular formula is C53H95F35N4Na6O27S5. The van der Waals surface area contributed by atoms with E-state index in [9.17, 15) is 225 Å². The van der Waals surface area contributed by atoms with Crippen molar-refractivity contribution in [2.24, 2.45) is 5.92 Å². The summed E-state index contributed by atoms with van der Waals surface area (Å²) in [5, 5.41) is 59.4. The number of hydrogen-bond donors (Lipinski definition) is 8. The molecule has 770 valence electrons. The molecule has 0 aliphatic rings. The minimum atomic E-state index is -9.55. The van der Waals surface area contributed by atoms with E-state index in [4.69, 9.17) is 20.4 Å². The number of alkyl halides is 34. The summed E-state index contributed by atoms with van der Waals surface area (Å²) in [6, 6.07) is 0. The Bertz CT molecular complexity index is 3350. The average Bonchev–Trinajstić information content (AvgIpc) is 0.707. The van der Waals surface area contributed by atoms with Crippen LogP contribution in [-0.4, -0.2) is 286 Å². The van der Waals surface area contributed by atoms with Gasteiger partial charge in [-0.25, -0.2) is 42.8 Å². The van der Waals surface area contributed by atoms with Crippen molar-refractivity contribution in [1.29, 1.82) is 0 Å². The van der Waals surface area contributed by atoms with E-state index in [1.54, 1.807) is 0 Å². The molecule has 0 aromatic heterocycles. The van der Waals surface area contributed by atoms with Crippen molar-refractivity contribution in [3.8, 4) is 0 Å². The molecule has 0 saturated heterocycles. The van der Waals surface area contributed by atoms with Crippen LogP contribution in [0.4, 0.5) is 154 Å². The van der Waals surface area contributed by atoms with Crippen molar-refractivity contribution < 1.29 is 455 Å². The number of nitrogens with one attached hydrogen (secondary N) is 3. The van der Waals surface area contributed by atoms with Gasteiger partial charge in [-0.2, -0.15) is 132 Å². The first-order chi connectivity index (χ1) is 51.1. The smallest absolute Gasteiger partial charge is 0.748 e. The van der Waals surface area contributed by atoms with Crippen LogP contribution in [0.3, 0.4) is 0 Å². The maximum absolute atomic E-state index is 15.0. The van der Waals surface area contributed by atoms with E-state index < -0.39 is 236 Å². The molecule has 0 fully saturated rings. The van der Waals surface area contributed by atoms with Gasteiger partial charge in [0.05, 0.1) is 64.0 Å². The third-order valence-corrected chi connectivity index (χ3v) is 14.0. The molecule has 0 spiro atoms. The quantitative estimate of drug-likeness (QED) is 0.00414. The third-order valence-electron chi connectivity index (χ3n) is 10.5. The zero-order chi connectivity index (χ0) is 95.2. The van der Waals surface area contributed by atoms with Crippen molar-refractivity contribution >= 4 is 63.9 Å². The second-order valence-electron chi connectivity index (χ2n) is 20.5. The van der Waals surface area contributed by atoms with Gasteiger partial charge in [0.2, 0.25) is 24.3 Å². The van der Waals surface area contributed by atoms with E-state index >= 15 is 4.39 Å². The predicted molar refractivity (Wildman–Crippen MR) is 354 cm³/mol. The molecule has 31 nitrogen and oxygen atoms in total. The van der Waals surface area contributed by atoms with Crippen molar-refractivity contribution in [2.45, 2.75) is 222 Å². The summed E-state index contributed by atoms with van der Waals surface area (Å²) in [5.41, 5.74) is 0. The second kappa shape index (κ2) is 79.7. The first kappa shape index (κ1) is 187. The van der Waals surface area contributed by atoms with E-state index in [-0.39, 0.29) is 278 Å². The van der Waals surface area contributed by atoms with Crippen molar-refractivity contribution in [3.63, 3.8) is 0 Å². The monoisotopic (exact) mass is 2180 g/mol. The number of allylic oxidation sites excluding steroid dienone is 1. The topological polar surface area (TPSA) is 493 Å². The maximum Gasteiger partial charge on any atom is 1.00 e. The van der Waals surface area contributed by atoms with E-state index in [0.717, 1.165) is 32.2 Å². The SMILES string of the molecule is C.C.C.C.C.C.C.C.CC(CC(=O)[O-])CC(O)CS(=O)(=O)[O-].CC(O)C[S-](=O)=O.CC(O)C[S-](=O)=O.CC=CCNCO.CCNC.FCF.FCF.O=C(NCN(CCOS(=O)(=O)[O-])CC(O)CS(=O)(=O)[O-])C(F)(F)C(F)(OC(F)(F)C(F)(OC(F)(F)C(F)(OC(F)(F)C(F)(OC(F)(F)C(F)(OF)C(F)(F)F)C(F)(F)F)C(F)(F)F)C(F)(F)F)C(F)(F)F.[Na+].[Na+].[Na+].[Na+].[Na+].[Na+]. The minimum absolute atomic E-state index is 0. The first-order valence-electron chi connectivity index (χ1n) is 28.2. The van der Waals surface area contributed by atoms with Crippen molar-refractivity contribution in [2.75, 3.05) is 90.1 Å². The number of aliphatic hydroxyl groups is 5. The molecule has 77 heteroatoms. The molecule has 8 N–H and O–H groups in total. The largest absolute Gasteiger partial charge is 1.00 e. The molecule has 0 aliphatic heterocycles. The first-order valence-corrected chi connectivity index (χ1v) is 35.2. The number of rotatable bonds is 39. The number of amides is 1. The van der Waals surface area contributed by atoms with E-state index in [2.05, 4.69) is 21.7 Å². The molecule has 0 heterocycles. The van der Waals surface area contributed by atoms with E-state index in [1.165, 1.54) is 25.5 Å². The van der Waals surface area contributed by atoms with Gasteiger partial charge >= 0.3 is 268 Å². The Morgan fingerprint density at radius 3 is 0.954 bits per heavy atom. The van der Waals surface area contributed by atoms with Crippen LogP contribution in [0.15, 0.2) is 12.2 Å². The normalized spacial score (nSPS) is 15.2. The molecule has 0 aromatic carbocycles. The van der Waals surface area contributed by atoms with E-state index in [1.807, 2.05) is 26.1 Å². The fourth-order valence-corrected chi connectivity index (χ4v) is 7.95. The summed E-state index contributed by atoms with van der Waals surface area (Å²) in [7, 11) is -18.2. The fraction of sp³-hybridized carbons (Fsp3) is 0.925. The number of aliphatic carboxylic acids is 1. The van der Waals surface area contributed by atoms with Gasteiger partial charge < -0.3 is 76.6 Å². The van der Waals surface area contributed by atoms with Crippen LogP contribution in [-0.2, 0) is 107 Å². The van der Waals surface area contributed by atoms with E-state index in [0.29, 0.717) is 0 Å². The molecule has 1 amide bonds. The third kappa shape index (κ3) is 72.5. The minimum Gasteiger partial charge on any atom is -0.748 e. The summed E-state index contributed by atoms with van der Waals surface area (Å²) in [4.78, 5) is 22.6. The maximum atomic E-state index is 15.0. The van der Waals surface area contributed by atoms with Crippen LogP contribution in [0.1, 0.15) is 107 Å². The van der Waals surface area contributed by atoms with Gasteiger partial charge in [0.15, 0.2) is 0 Å². The Labute approximate surface area is 861 Å². The van der Waals surface area contributed by atoms with Gasteiger partial charge in [0.25, 0.3) is 5.91 Å². The Morgan fingerprint density at radius 2 is 0.754 bits per heavy atom. The molecule has 0 radical (unpaired) electrons. The average molecular weight is 2180 g/mol. The van der Waals surface area contributed by atoms with Gasteiger partial charge in [0.1, 0.15) is 0 Å². The number of carboxylic acids is 1. The molecule has 0 rings (SSSR count). The molecular weight excluding hydrogens is 2090 g/mol. The van der Waals surface area contributed by atoms with Crippen molar-refractivity contribution in [1.82, 2.24) is 20.9 Å². The Morgan fingerprint density at radius 1 is 0.492 bits per heavy atom. The van der Waals surface area contributed by atoms with Crippen LogP contribution in [0.5, 0.6) is 0 Å². The number of carboxylic acid groups (broad SMARTS) is 1. The summed E-state index contributed by atoms with van der Waals surface area (Å²) in [6.45, 7) is -0.591. The predicted octanol–water partition coefficient (Wildman–Crippen LogP) is -7.52. The van der Waals surface area contributed by atoms with Crippen molar-refractivity contribution in [3.05, 3.63) is 12.2 Å². The number of ether oxygens (including phenoxy) is 4. The van der Waals surface area contributed by atoms with Crippen LogP contribution in [0, 0.1) is 5.92 Å². The summed E-state index contributed by atoms with van der Waals surface area (Å²) in [5.74, 6) is -62.4. The Kier molecular flexibility index (Phi) is 114. The Hall–Kier alpha value is 1.30. The van der Waals surface area contributed by atoms with Crippen LogP contribution < -0.4 is 198 Å². The summed E-state index contributed by atoms with van der Waals surface area (Å²) in [6.07, 6.45) is -82.6. The number of nitrogens with zero attached hydrogens (tertiary/aromatic N) is 1. The van der Waals surface area contributed by atoms with Crippen LogP contribution >= 0.6 is 0 Å². The van der Waals surface area contributed by atoms with Gasteiger partial charge in [-0.3, -0.25) is 38.1 Å². The number of carbonyl (C=O) groups is 2. The summed E-state index contributed by atoms with van der Waals surface area (Å²) < 4.78 is 607. The fourth-order valence-electron chi connectivity index (χ4n) is 5.70. The molecule has 10 unspecified atom stereocenters. The van der Waals surface area contributed by atoms with Gasteiger partial charge in [-0.15, -0.1) is 4.94 Å². The molecule has 0 aliphatic carbocycles. The zero-order valence-electron chi connectivity index (χ0n) is 63.6. The van der Waals surface area contributed by atoms with Gasteiger partial charge in [-0.05, 0) is 69.2 Å². The van der Waals surface area contributed by atoms with Gasteiger partial charge in [0, 0.05) is 37.8 Å². The molecule has 0 aromatic rings. The number of halogens is 35.